The summed E-state index contributed by atoms with van der Waals surface area (Å²) in [5.41, 5.74) is 0. The molecule has 2 unspecified atom stereocenters. The number of hydrogen-bond acceptors (Lipinski definition) is 5. The molecule has 2 rings (SSSR count). The molecule has 2 N–H and O–H groups in total. The number of hydrogen-bond donors (Lipinski definition) is 2. The Morgan fingerprint density at radius 3 is 2.75 bits per heavy atom. The van der Waals surface area contributed by atoms with E-state index in [0.717, 1.165) is 31.7 Å². The van der Waals surface area contributed by atoms with Crippen LogP contribution in [0.2, 0.25) is 0 Å². The van der Waals surface area contributed by atoms with Gasteiger partial charge < -0.3 is 15.3 Å². The Balaban J connectivity index is 1.80. The standard InChI is InChI=1S/C15H25N3OS/c1-12(14(11-19)20-2)17-13-6-9-18(10-7-13)15-5-3-4-8-16-15/h3-5,8,12-14,17,19H,6-7,9-11H2,1-2H3. The van der Waals surface area contributed by atoms with Gasteiger partial charge in [0, 0.05) is 36.6 Å². The van der Waals surface area contributed by atoms with E-state index in [4.69, 9.17) is 0 Å². The van der Waals surface area contributed by atoms with Gasteiger partial charge in [-0.3, -0.25) is 0 Å². The van der Waals surface area contributed by atoms with Gasteiger partial charge >= 0.3 is 0 Å². The SMILES string of the molecule is CSC(CO)C(C)NC1CCN(c2ccccn2)CC1. The van der Waals surface area contributed by atoms with E-state index in [1.54, 1.807) is 11.8 Å². The van der Waals surface area contributed by atoms with Crippen LogP contribution in [0.25, 0.3) is 0 Å². The van der Waals surface area contributed by atoms with E-state index in [0.29, 0.717) is 12.1 Å². The van der Waals surface area contributed by atoms with Gasteiger partial charge in [0.05, 0.1) is 6.61 Å². The molecule has 2 atom stereocenters. The lowest BCUT2D eigenvalue weighted by Crippen LogP contribution is -2.49. The summed E-state index contributed by atoms with van der Waals surface area (Å²) in [6.45, 7) is 4.50. The van der Waals surface area contributed by atoms with Gasteiger partial charge in [-0.1, -0.05) is 6.07 Å². The molecule has 5 heteroatoms. The average molecular weight is 295 g/mol. The van der Waals surface area contributed by atoms with Gasteiger partial charge in [-0.15, -0.1) is 0 Å². The number of anilines is 1. The quantitative estimate of drug-likeness (QED) is 0.837. The third-order valence-corrected chi connectivity index (χ3v) is 5.17. The number of aliphatic hydroxyl groups is 1. The molecule has 1 fully saturated rings. The molecule has 1 aromatic rings. The Hall–Kier alpha value is -0.780. The lowest BCUT2D eigenvalue weighted by atomic mass is 10.0. The van der Waals surface area contributed by atoms with Crippen LogP contribution in [0.4, 0.5) is 5.82 Å². The Kier molecular flexibility index (Phi) is 6.13. The summed E-state index contributed by atoms with van der Waals surface area (Å²) in [5.74, 6) is 1.08. The van der Waals surface area contributed by atoms with Crippen LogP contribution >= 0.6 is 11.8 Å². The van der Waals surface area contributed by atoms with Gasteiger partial charge in [-0.25, -0.2) is 4.98 Å². The van der Waals surface area contributed by atoms with Crippen molar-refractivity contribution in [3.8, 4) is 0 Å². The average Bonchev–Trinajstić information content (AvgIpc) is 2.50. The van der Waals surface area contributed by atoms with Gasteiger partial charge in [-0.05, 0) is 38.2 Å². The van der Waals surface area contributed by atoms with E-state index in [-0.39, 0.29) is 11.9 Å². The van der Waals surface area contributed by atoms with Crippen LogP contribution in [0.5, 0.6) is 0 Å². The second-order valence-corrected chi connectivity index (χ2v) is 6.44. The van der Waals surface area contributed by atoms with E-state index in [2.05, 4.69) is 34.4 Å². The lowest BCUT2D eigenvalue weighted by molar-refractivity contribution is 0.264. The lowest BCUT2D eigenvalue weighted by Gasteiger charge is -2.35. The molecule has 0 aromatic carbocycles. The molecule has 0 saturated carbocycles. The summed E-state index contributed by atoms with van der Waals surface area (Å²) >= 11 is 1.73. The summed E-state index contributed by atoms with van der Waals surface area (Å²) in [7, 11) is 0. The van der Waals surface area contributed by atoms with E-state index >= 15 is 0 Å². The molecular formula is C15H25N3OS. The number of nitrogens with one attached hydrogen (secondary N) is 1. The minimum atomic E-state index is 0.238. The topological polar surface area (TPSA) is 48.4 Å². The van der Waals surface area contributed by atoms with Crippen LogP contribution in [0.15, 0.2) is 24.4 Å². The Labute approximate surface area is 126 Å². The molecule has 1 saturated heterocycles. The number of thioether (sulfide) groups is 1. The largest absolute Gasteiger partial charge is 0.395 e. The first-order valence-corrected chi connectivity index (χ1v) is 8.59. The van der Waals surface area contributed by atoms with E-state index < -0.39 is 0 Å². The van der Waals surface area contributed by atoms with Crippen molar-refractivity contribution in [1.29, 1.82) is 0 Å². The predicted octanol–water partition coefficient (Wildman–Crippen LogP) is 1.75. The van der Waals surface area contributed by atoms with Gasteiger partial charge in [0.2, 0.25) is 0 Å². The third kappa shape index (κ3) is 4.11. The Morgan fingerprint density at radius 2 is 2.20 bits per heavy atom. The summed E-state index contributed by atoms with van der Waals surface area (Å²) in [6.07, 6.45) is 6.18. The first-order valence-electron chi connectivity index (χ1n) is 7.30. The number of pyridine rings is 1. The van der Waals surface area contributed by atoms with Gasteiger partial charge in [0.15, 0.2) is 0 Å². The van der Waals surface area contributed by atoms with Crippen molar-refractivity contribution in [1.82, 2.24) is 10.3 Å². The fourth-order valence-corrected chi connectivity index (χ4v) is 3.37. The minimum Gasteiger partial charge on any atom is -0.395 e. The van der Waals surface area contributed by atoms with Crippen molar-refractivity contribution >= 4 is 17.6 Å². The second kappa shape index (κ2) is 7.86. The van der Waals surface area contributed by atoms with E-state index in [1.165, 1.54) is 0 Å². The monoisotopic (exact) mass is 295 g/mol. The van der Waals surface area contributed by atoms with Crippen LogP contribution in [0.3, 0.4) is 0 Å². The van der Waals surface area contributed by atoms with Crippen LogP contribution in [-0.4, -0.2) is 53.4 Å². The molecule has 1 aromatic heterocycles. The molecule has 112 valence electrons. The number of aliphatic hydroxyl groups excluding tert-OH is 1. The van der Waals surface area contributed by atoms with Crippen LogP contribution in [-0.2, 0) is 0 Å². The maximum atomic E-state index is 9.34. The fraction of sp³-hybridized carbons (Fsp3) is 0.667. The van der Waals surface area contributed by atoms with Gasteiger partial charge in [0.1, 0.15) is 5.82 Å². The summed E-state index contributed by atoms with van der Waals surface area (Å²) in [6, 6.07) is 6.97. The maximum Gasteiger partial charge on any atom is 0.128 e. The molecule has 1 aliphatic rings. The van der Waals surface area contributed by atoms with Crippen LogP contribution < -0.4 is 10.2 Å². The van der Waals surface area contributed by atoms with Crippen molar-refractivity contribution < 1.29 is 5.11 Å². The summed E-state index contributed by atoms with van der Waals surface area (Å²) in [5, 5.41) is 13.3. The number of rotatable bonds is 6. The number of aromatic nitrogens is 1. The number of piperidine rings is 1. The van der Waals surface area contributed by atoms with Gasteiger partial charge in [0.25, 0.3) is 0 Å². The molecule has 0 radical (unpaired) electrons. The summed E-state index contributed by atoms with van der Waals surface area (Å²) in [4.78, 5) is 6.76. The minimum absolute atomic E-state index is 0.238. The first-order chi connectivity index (χ1) is 9.74. The highest BCUT2D eigenvalue weighted by molar-refractivity contribution is 7.99. The zero-order chi connectivity index (χ0) is 14.4. The van der Waals surface area contributed by atoms with Crippen molar-refractivity contribution in [3.05, 3.63) is 24.4 Å². The van der Waals surface area contributed by atoms with Crippen molar-refractivity contribution in [2.75, 3.05) is 30.9 Å². The van der Waals surface area contributed by atoms with Crippen molar-refractivity contribution in [2.45, 2.75) is 37.1 Å². The Bertz CT molecular complexity index is 378. The van der Waals surface area contributed by atoms with E-state index in [1.807, 2.05) is 18.3 Å². The zero-order valence-corrected chi connectivity index (χ0v) is 13.1. The molecule has 0 spiro atoms. The van der Waals surface area contributed by atoms with Crippen LogP contribution in [0.1, 0.15) is 19.8 Å². The molecule has 20 heavy (non-hydrogen) atoms. The second-order valence-electron chi connectivity index (χ2n) is 5.36. The highest BCUT2D eigenvalue weighted by Crippen LogP contribution is 2.19. The molecular weight excluding hydrogens is 270 g/mol. The van der Waals surface area contributed by atoms with Crippen molar-refractivity contribution in [2.24, 2.45) is 0 Å². The van der Waals surface area contributed by atoms with Crippen molar-refractivity contribution in [3.63, 3.8) is 0 Å². The molecule has 1 aliphatic heterocycles. The van der Waals surface area contributed by atoms with E-state index in [9.17, 15) is 5.11 Å². The first kappa shape index (κ1) is 15.6. The summed E-state index contributed by atoms with van der Waals surface area (Å²) < 4.78 is 0. The third-order valence-electron chi connectivity index (χ3n) is 4.01. The molecule has 0 aliphatic carbocycles. The smallest absolute Gasteiger partial charge is 0.128 e. The highest BCUT2D eigenvalue weighted by atomic mass is 32.2. The molecule has 4 nitrogen and oxygen atoms in total. The Morgan fingerprint density at radius 1 is 1.45 bits per heavy atom. The number of nitrogens with zero attached hydrogens (tertiary/aromatic N) is 2. The molecule has 0 amide bonds. The molecule has 0 bridgehead atoms. The fourth-order valence-electron chi connectivity index (χ4n) is 2.73. The molecule has 2 heterocycles. The highest BCUT2D eigenvalue weighted by Gasteiger charge is 2.23. The zero-order valence-electron chi connectivity index (χ0n) is 12.3. The maximum absolute atomic E-state index is 9.34. The normalized spacial score (nSPS) is 19.9. The van der Waals surface area contributed by atoms with Crippen LogP contribution in [0, 0.1) is 0 Å². The predicted molar refractivity (Wildman–Crippen MR) is 86.5 cm³/mol. The van der Waals surface area contributed by atoms with Gasteiger partial charge in [-0.2, -0.15) is 11.8 Å².